The summed E-state index contributed by atoms with van der Waals surface area (Å²) in [7, 11) is 1.78. The first kappa shape index (κ1) is 14.0. The van der Waals surface area contributed by atoms with Gasteiger partial charge in [0, 0.05) is 32.8 Å². The molecular formula is C14H24N2OS. The molecular weight excluding hydrogens is 244 g/mol. The maximum absolute atomic E-state index is 5.17. The topological polar surface area (TPSA) is 24.5 Å². The van der Waals surface area contributed by atoms with Gasteiger partial charge in [0.25, 0.3) is 0 Å². The summed E-state index contributed by atoms with van der Waals surface area (Å²) in [4.78, 5) is 2.56. The van der Waals surface area contributed by atoms with Crippen molar-refractivity contribution in [2.24, 2.45) is 0 Å². The molecule has 0 unspecified atom stereocenters. The number of thiophene rings is 1. The fourth-order valence-electron chi connectivity index (χ4n) is 2.14. The zero-order chi connectivity index (χ0) is 12.6. The molecule has 102 valence electrons. The zero-order valence-electron chi connectivity index (χ0n) is 11.2. The van der Waals surface area contributed by atoms with Crippen LogP contribution >= 0.6 is 11.3 Å². The number of nitrogens with zero attached hydrogens (tertiary/aromatic N) is 1. The lowest BCUT2D eigenvalue weighted by Crippen LogP contribution is -2.36. The van der Waals surface area contributed by atoms with Gasteiger partial charge < -0.3 is 10.1 Å². The van der Waals surface area contributed by atoms with Crippen LogP contribution in [0.2, 0.25) is 0 Å². The highest BCUT2D eigenvalue weighted by atomic mass is 32.1. The summed E-state index contributed by atoms with van der Waals surface area (Å²) in [5, 5.41) is 7.92. The van der Waals surface area contributed by atoms with Crippen LogP contribution in [0, 0.1) is 0 Å². The van der Waals surface area contributed by atoms with E-state index in [1.807, 2.05) is 0 Å². The smallest absolute Gasteiger partial charge is 0.0589 e. The Morgan fingerprint density at radius 3 is 2.94 bits per heavy atom. The first-order valence-corrected chi connectivity index (χ1v) is 7.79. The Labute approximate surface area is 114 Å². The summed E-state index contributed by atoms with van der Waals surface area (Å²) in [6.45, 7) is 5.25. The molecule has 0 bridgehead atoms. The number of ether oxygens (including phenoxy) is 1. The third-order valence-electron chi connectivity index (χ3n) is 3.39. The van der Waals surface area contributed by atoms with E-state index in [2.05, 4.69) is 27.0 Å². The van der Waals surface area contributed by atoms with E-state index >= 15 is 0 Å². The first-order valence-electron chi connectivity index (χ1n) is 6.85. The lowest BCUT2D eigenvalue weighted by atomic mass is 10.2. The maximum atomic E-state index is 5.17. The van der Waals surface area contributed by atoms with Crippen molar-refractivity contribution in [3.05, 3.63) is 22.4 Å². The predicted molar refractivity (Wildman–Crippen MR) is 77.4 cm³/mol. The largest absolute Gasteiger partial charge is 0.383 e. The molecule has 1 aliphatic rings. The van der Waals surface area contributed by atoms with Crippen molar-refractivity contribution >= 4 is 11.3 Å². The van der Waals surface area contributed by atoms with E-state index in [0.29, 0.717) is 0 Å². The highest BCUT2D eigenvalue weighted by molar-refractivity contribution is 7.07. The van der Waals surface area contributed by atoms with Crippen LogP contribution in [0.5, 0.6) is 0 Å². The summed E-state index contributed by atoms with van der Waals surface area (Å²) in [5.74, 6) is 0. The molecule has 1 aromatic heterocycles. The predicted octanol–water partition coefficient (Wildman–Crippen LogP) is 1.99. The number of rotatable bonds is 10. The molecule has 0 spiro atoms. The second-order valence-electron chi connectivity index (χ2n) is 4.89. The van der Waals surface area contributed by atoms with Crippen molar-refractivity contribution < 1.29 is 4.74 Å². The van der Waals surface area contributed by atoms with Gasteiger partial charge in [-0.05, 0) is 48.2 Å². The van der Waals surface area contributed by atoms with Gasteiger partial charge in [-0.2, -0.15) is 11.3 Å². The molecule has 0 aromatic carbocycles. The average Bonchev–Trinajstić information content (AvgIpc) is 3.10. The summed E-state index contributed by atoms with van der Waals surface area (Å²) in [6.07, 6.45) is 3.89. The number of methoxy groups -OCH3 is 1. The Kier molecular flexibility index (Phi) is 6.14. The van der Waals surface area contributed by atoms with E-state index in [0.717, 1.165) is 45.2 Å². The molecule has 1 N–H and O–H groups in total. The van der Waals surface area contributed by atoms with Gasteiger partial charge in [-0.25, -0.2) is 0 Å². The summed E-state index contributed by atoms with van der Waals surface area (Å²) < 4.78 is 5.17. The summed E-state index contributed by atoms with van der Waals surface area (Å²) in [6, 6.07) is 3.04. The van der Waals surface area contributed by atoms with Crippen LogP contribution in [0.3, 0.4) is 0 Å². The molecule has 3 nitrogen and oxygen atoms in total. The Morgan fingerprint density at radius 2 is 2.28 bits per heavy atom. The fourth-order valence-corrected chi connectivity index (χ4v) is 2.84. The van der Waals surface area contributed by atoms with Gasteiger partial charge in [-0.1, -0.05) is 0 Å². The maximum Gasteiger partial charge on any atom is 0.0589 e. The van der Waals surface area contributed by atoms with E-state index < -0.39 is 0 Å². The Morgan fingerprint density at radius 1 is 1.39 bits per heavy atom. The second-order valence-corrected chi connectivity index (χ2v) is 5.67. The lowest BCUT2D eigenvalue weighted by Gasteiger charge is -2.21. The zero-order valence-corrected chi connectivity index (χ0v) is 12.0. The molecule has 1 aliphatic carbocycles. The van der Waals surface area contributed by atoms with Gasteiger partial charge in [0.2, 0.25) is 0 Å². The molecule has 2 rings (SSSR count). The van der Waals surface area contributed by atoms with Crippen LogP contribution in [0.25, 0.3) is 0 Å². The summed E-state index contributed by atoms with van der Waals surface area (Å²) >= 11 is 1.78. The molecule has 1 saturated carbocycles. The van der Waals surface area contributed by atoms with Gasteiger partial charge in [-0.3, -0.25) is 4.90 Å². The van der Waals surface area contributed by atoms with Crippen LogP contribution < -0.4 is 5.32 Å². The van der Waals surface area contributed by atoms with Crippen molar-refractivity contribution in [2.45, 2.75) is 25.3 Å². The number of hydrogen-bond acceptors (Lipinski definition) is 4. The highest BCUT2D eigenvalue weighted by Gasteiger charge is 2.27. The Balaban J connectivity index is 1.53. The minimum Gasteiger partial charge on any atom is -0.383 e. The van der Waals surface area contributed by atoms with E-state index in [1.54, 1.807) is 18.4 Å². The minimum absolute atomic E-state index is 0.832. The van der Waals surface area contributed by atoms with E-state index in [9.17, 15) is 0 Å². The van der Waals surface area contributed by atoms with E-state index in [-0.39, 0.29) is 0 Å². The highest BCUT2D eigenvalue weighted by Crippen LogP contribution is 2.25. The normalized spacial score (nSPS) is 15.4. The molecule has 18 heavy (non-hydrogen) atoms. The third kappa shape index (κ3) is 5.06. The van der Waals surface area contributed by atoms with E-state index in [4.69, 9.17) is 4.74 Å². The number of hydrogen-bond donors (Lipinski definition) is 1. The van der Waals surface area contributed by atoms with Gasteiger partial charge in [0.1, 0.15) is 0 Å². The van der Waals surface area contributed by atoms with Crippen LogP contribution in [-0.2, 0) is 11.2 Å². The van der Waals surface area contributed by atoms with Crippen molar-refractivity contribution in [1.82, 2.24) is 10.2 Å². The molecule has 0 atom stereocenters. The van der Waals surface area contributed by atoms with Gasteiger partial charge in [0.15, 0.2) is 0 Å². The van der Waals surface area contributed by atoms with Crippen LogP contribution in [-0.4, -0.2) is 50.8 Å². The standard InChI is InChI=1S/C14H24N2OS/c1-17-10-9-16(14-2-3-14)8-7-15-6-4-13-5-11-18-12-13/h5,11-12,14-15H,2-4,6-10H2,1H3. The van der Waals surface area contributed by atoms with Crippen LogP contribution in [0.4, 0.5) is 0 Å². The molecule has 0 radical (unpaired) electrons. The van der Waals surface area contributed by atoms with E-state index in [1.165, 1.54) is 18.4 Å². The van der Waals surface area contributed by atoms with Crippen molar-refractivity contribution in [3.63, 3.8) is 0 Å². The first-order chi connectivity index (χ1) is 8.90. The van der Waals surface area contributed by atoms with Crippen LogP contribution in [0.15, 0.2) is 16.8 Å². The molecule has 1 heterocycles. The van der Waals surface area contributed by atoms with Gasteiger partial charge in [-0.15, -0.1) is 0 Å². The van der Waals surface area contributed by atoms with Crippen LogP contribution in [0.1, 0.15) is 18.4 Å². The average molecular weight is 268 g/mol. The molecule has 0 saturated heterocycles. The monoisotopic (exact) mass is 268 g/mol. The lowest BCUT2D eigenvalue weighted by molar-refractivity contribution is 0.144. The van der Waals surface area contributed by atoms with Gasteiger partial charge in [0.05, 0.1) is 6.61 Å². The Hall–Kier alpha value is -0.420. The minimum atomic E-state index is 0.832. The molecule has 1 aromatic rings. The molecule has 4 heteroatoms. The molecule has 0 amide bonds. The summed E-state index contributed by atoms with van der Waals surface area (Å²) in [5.41, 5.74) is 1.45. The third-order valence-corrected chi connectivity index (χ3v) is 4.12. The second kappa shape index (κ2) is 7.89. The fraction of sp³-hybridized carbons (Fsp3) is 0.714. The SMILES string of the molecule is COCCN(CCNCCc1ccsc1)C1CC1. The van der Waals surface area contributed by atoms with Gasteiger partial charge >= 0.3 is 0 Å². The number of nitrogens with one attached hydrogen (secondary N) is 1. The Bertz CT molecular complexity index is 312. The van der Waals surface area contributed by atoms with Crippen molar-refractivity contribution in [2.75, 3.05) is 39.9 Å². The quantitative estimate of drug-likeness (QED) is 0.657. The molecule has 1 fully saturated rings. The van der Waals surface area contributed by atoms with Crippen molar-refractivity contribution in [1.29, 1.82) is 0 Å². The van der Waals surface area contributed by atoms with Crippen molar-refractivity contribution in [3.8, 4) is 0 Å². The molecule has 0 aliphatic heterocycles.